The molecule has 5 nitrogen and oxygen atoms in total. The summed E-state index contributed by atoms with van der Waals surface area (Å²) in [5.74, 6) is 1.26. The zero-order valence-electron chi connectivity index (χ0n) is 15.4. The minimum atomic E-state index is -0.139. The SMILES string of the molecule is COc1cccc(CCNC(=O)c2ccc(Br)cc2OCCN(C)C)c1. The standard InChI is InChI=1S/C20H25BrN2O3/c1-23(2)11-12-26-19-14-16(21)7-8-18(19)20(24)22-10-9-15-5-4-6-17(13-15)25-3/h4-8,13-14H,9-12H2,1-3H3,(H,22,24). The number of nitrogens with zero attached hydrogens (tertiary/aromatic N) is 1. The average Bonchev–Trinajstić information content (AvgIpc) is 2.61. The van der Waals surface area contributed by atoms with Gasteiger partial charge in [-0.3, -0.25) is 4.79 Å². The number of nitrogens with one attached hydrogen (secondary N) is 1. The molecular formula is C20H25BrN2O3. The zero-order valence-corrected chi connectivity index (χ0v) is 17.0. The topological polar surface area (TPSA) is 50.8 Å². The molecule has 0 aliphatic rings. The minimum Gasteiger partial charge on any atom is -0.497 e. The Labute approximate surface area is 163 Å². The van der Waals surface area contributed by atoms with Crippen LogP contribution >= 0.6 is 15.9 Å². The van der Waals surface area contributed by atoms with Crippen LogP contribution in [-0.2, 0) is 6.42 Å². The second-order valence-electron chi connectivity index (χ2n) is 6.15. The third-order valence-electron chi connectivity index (χ3n) is 3.82. The number of halogens is 1. The van der Waals surface area contributed by atoms with Gasteiger partial charge < -0.3 is 19.7 Å². The molecule has 0 atom stereocenters. The maximum absolute atomic E-state index is 12.5. The molecule has 1 N–H and O–H groups in total. The maximum Gasteiger partial charge on any atom is 0.255 e. The van der Waals surface area contributed by atoms with Crippen molar-refractivity contribution < 1.29 is 14.3 Å². The third kappa shape index (κ3) is 6.35. The van der Waals surface area contributed by atoms with Gasteiger partial charge in [-0.25, -0.2) is 0 Å². The highest BCUT2D eigenvalue weighted by molar-refractivity contribution is 9.10. The van der Waals surface area contributed by atoms with Gasteiger partial charge in [0.1, 0.15) is 18.1 Å². The third-order valence-corrected chi connectivity index (χ3v) is 4.31. The van der Waals surface area contributed by atoms with Crippen LogP contribution < -0.4 is 14.8 Å². The Morgan fingerprint density at radius 3 is 2.73 bits per heavy atom. The number of rotatable bonds is 9. The number of hydrogen-bond donors (Lipinski definition) is 1. The summed E-state index contributed by atoms with van der Waals surface area (Å²) in [6.45, 7) is 1.84. The van der Waals surface area contributed by atoms with Crippen molar-refractivity contribution in [3.8, 4) is 11.5 Å². The van der Waals surface area contributed by atoms with Gasteiger partial charge >= 0.3 is 0 Å². The lowest BCUT2D eigenvalue weighted by atomic mass is 10.1. The van der Waals surface area contributed by atoms with Gasteiger partial charge in [-0.1, -0.05) is 28.1 Å². The Balaban J connectivity index is 1.95. The Kier molecular flexibility index (Phi) is 7.94. The van der Waals surface area contributed by atoms with E-state index in [9.17, 15) is 4.79 Å². The van der Waals surface area contributed by atoms with E-state index in [1.54, 1.807) is 13.2 Å². The quantitative estimate of drug-likeness (QED) is 0.675. The summed E-state index contributed by atoms with van der Waals surface area (Å²) in [5, 5.41) is 2.96. The highest BCUT2D eigenvalue weighted by Gasteiger charge is 2.13. The number of amides is 1. The number of carbonyl (C=O) groups is 1. The normalized spacial score (nSPS) is 10.7. The number of carbonyl (C=O) groups excluding carboxylic acids is 1. The number of methoxy groups -OCH3 is 1. The maximum atomic E-state index is 12.5. The van der Waals surface area contributed by atoms with Crippen LogP contribution in [0, 0.1) is 0 Å². The molecule has 6 heteroatoms. The Bertz CT molecular complexity index is 735. The molecule has 0 heterocycles. The van der Waals surface area contributed by atoms with E-state index in [1.165, 1.54) is 0 Å². The molecule has 1 amide bonds. The number of likely N-dealkylation sites (N-methyl/N-ethyl adjacent to an activating group) is 1. The first-order valence-electron chi connectivity index (χ1n) is 8.48. The van der Waals surface area contributed by atoms with Crippen LogP contribution in [0.2, 0.25) is 0 Å². The van der Waals surface area contributed by atoms with E-state index in [0.29, 0.717) is 24.5 Å². The largest absolute Gasteiger partial charge is 0.497 e. The van der Waals surface area contributed by atoms with E-state index in [-0.39, 0.29) is 5.91 Å². The van der Waals surface area contributed by atoms with Gasteiger partial charge in [-0.05, 0) is 56.4 Å². The van der Waals surface area contributed by atoms with Crippen molar-refractivity contribution in [3.63, 3.8) is 0 Å². The fourth-order valence-corrected chi connectivity index (χ4v) is 2.72. The first-order chi connectivity index (χ1) is 12.5. The van der Waals surface area contributed by atoms with Crippen LogP contribution in [0.1, 0.15) is 15.9 Å². The van der Waals surface area contributed by atoms with Gasteiger partial charge in [-0.15, -0.1) is 0 Å². The van der Waals surface area contributed by atoms with Gasteiger partial charge in [0, 0.05) is 17.6 Å². The fourth-order valence-electron chi connectivity index (χ4n) is 2.38. The second-order valence-corrected chi connectivity index (χ2v) is 7.07. The summed E-state index contributed by atoms with van der Waals surface area (Å²) >= 11 is 3.43. The van der Waals surface area contributed by atoms with Gasteiger partial charge in [-0.2, -0.15) is 0 Å². The van der Waals surface area contributed by atoms with Crippen LogP contribution in [0.5, 0.6) is 11.5 Å². The van der Waals surface area contributed by atoms with E-state index in [2.05, 4.69) is 21.2 Å². The first kappa shape index (κ1) is 20.3. The molecule has 140 valence electrons. The second kappa shape index (κ2) is 10.2. The van der Waals surface area contributed by atoms with Crippen molar-refractivity contribution in [2.24, 2.45) is 0 Å². The molecule has 0 bridgehead atoms. The minimum absolute atomic E-state index is 0.139. The number of hydrogen-bond acceptors (Lipinski definition) is 4. The van der Waals surface area contributed by atoms with Gasteiger partial charge in [0.2, 0.25) is 0 Å². The molecule has 0 radical (unpaired) electrons. The van der Waals surface area contributed by atoms with Crippen molar-refractivity contribution in [1.29, 1.82) is 0 Å². The van der Waals surface area contributed by atoms with Crippen molar-refractivity contribution >= 4 is 21.8 Å². The molecule has 2 rings (SSSR count). The van der Waals surface area contributed by atoms with E-state index in [1.807, 2.05) is 55.4 Å². The average molecular weight is 421 g/mol. The lowest BCUT2D eigenvalue weighted by Crippen LogP contribution is -2.27. The molecule has 0 aliphatic heterocycles. The van der Waals surface area contributed by atoms with E-state index < -0.39 is 0 Å². The number of benzene rings is 2. The van der Waals surface area contributed by atoms with Crippen molar-refractivity contribution in [1.82, 2.24) is 10.2 Å². The van der Waals surface area contributed by atoms with Gasteiger partial charge in [0.05, 0.1) is 12.7 Å². The molecule has 2 aromatic carbocycles. The molecule has 0 aliphatic carbocycles. The summed E-state index contributed by atoms with van der Waals surface area (Å²) in [6.07, 6.45) is 0.732. The molecule has 0 aromatic heterocycles. The number of ether oxygens (including phenoxy) is 2. The lowest BCUT2D eigenvalue weighted by Gasteiger charge is -2.14. The molecule has 0 unspecified atom stereocenters. The van der Waals surface area contributed by atoms with E-state index in [4.69, 9.17) is 9.47 Å². The van der Waals surface area contributed by atoms with Crippen LogP contribution in [0.4, 0.5) is 0 Å². The predicted molar refractivity (Wildman–Crippen MR) is 107 cm³/mol. The lowest BCUT2D eigenvalue weighted by molar-refractivity contribution is 0.0949. The smallest absolute Gasteiger partial charge is 0.255 e. The molecule has 0 saturated carbocycles. The summed E-state index contributed by atoms with van der Waals surface area (Å²) < 4.78 is 11.9. The van der Waals surface area contributed by atoms with Crippen LogP contribution in [-0.4, -0.2) is 51.7 Å². The molecule has 0 saturated heterocycles. The first-order valence-corrected chi connectivity index (χ1v) is 9.27. The van der Waals surface area contributed by atoms with Crippen LogP contribution in [0.25, 0.3) is 0 Å². The highest BCUT2D eigenvalue weighted by atomic mass is 79.9. The van der Waals surface area contributed by atoms with Crippen molar-refractivity contribution in [3.05, 3.63) is 58.1 Å². The monoisotopic (exact) mass is 420 g/mol. The van der Waals surface area contributed by atoms with Crippen LogP contribution in [0.15, 0.2) is 46.9 Å². The fraction of sp³-hybridized carbons (Fsp3) is 0.350. The Hall–Kier alpha value is -2.05. The summed E-state index contributed by atoms with van der Waals surface area (Å²) in [5.41, 5.74) is 1.65. The van der Waals surface area contributed by atoms with Crippen LogP contribution in [0.3, 0.4) is 0 Å². The van der Waals surface area contributed by atoms with Gasteiger partial charge in [0.15, 0.2) is 0 Å². The van der Waals surface area contributed by atoms with Gasteiger partial charge in [0.25, 0.3) is 5.91 Å². The highest BCUT2D eigenvalue weighted by Crippen LogP contribution is 2.24. The molecule has 26 heavy (non-hydrogen) atoms. The summed E-state index contributed by atoms with van der Waals surface area (Å²) in [7, 11) is 5.61. The zero-order chi connectivity index (χ0) is 18.9. The summed E-state index contributed by atoms with van der Waals surface area (Å²) in [6, 6.07) is 13.3. The van der Waals surface area contributed by atoms with Crippen molar-refractivity contribution in [2.75, 3.05) is 40.9 Å². The molecular weight excluding hydrogens is 396 g/mol. The van der Waals surface area contributed by atoms with E-state index >= 15 is 0 Å². The summed E-state index contributed by atoms with van der Waals surface area (Å²) in [4.78, 5) is 14.6. The molecule has 2 aromatic rings. The Morgan fingerprint density at radius 2 is 2.00 bits per heavy atom. The van der Waals surface area contributed by atoms with E-state index in [0.717, 1.165) is 28.8 Å². The predicted octanol–water partition coefficient (Wildman–Crippen LogP) is 3.37. The Morgan fingerprint density at radius 1 is 1.19 bits per heavy atom. The molecule has 0 fully saturated rings. The molecule has 0 spiro atoms. The van der Waals surface area contributed by atoms with Crippen molar-refractivity contribution in [2.45, 2.75) is 6.42 Å².